The van der Waals surface area contributed by atoms with Gasteiger partial charge in [-0.15, -0.1) is 0 Å². The number of aromatic nitrogens is 2. The number of hydrogen-bond acceptors (Lipinski definition) is 3. The number of amidine groups is 2. The van der Waals surface area contributed by atoms with Crippen LogP contribution in [0.3, 0.4) is 0 Å². The van der Waals surface area contributed by atoms with Gasteiger partial charge in [0.1, 0.15) is 12.0 Å². The maximum atomic E-state index is 5.44. The standard InChI is InChI=1S/C61H43N5/c1-5-19-40(20-6-1)44-35-37-50(61-63-59(42-22-7-2-8-23-42)62-60(64-61)43-24-9-3-10-25-43)55(39-44)66-51-32-16-15-29-49(51)56-47(30-17-33-52(56)66)48-31-18-34-53-58(48)57-46-28-14-13-21-41(46)36-38-54(57)65(53)45-26-11-4-12-27-45/h1-24,26-39,43,59H,25H2,(H,62,63,64). The summed E-state index contributed by atoms with van der Waals surface area (Å²) >= 11 is 0. The van der Waals surface area contributed by atoms with Crippen molar-refractivity contribution in [3.8, 4) is 33.6 Å². The maximum Gasteiger partial charge on any atom is 0.161 e. The summed E-state index contributed by atoms with van der Waals surface area (Å²) in [5.41, 5.74) is 13.5. The molecule has 1 aliphatic heterocycles. The van der Waals surface area contributed by atoms with Crippen molar-refractivity contribution < 1.29 is 0 Å². The third-order valence-electron chi connectivity index (χ3n) is 13.5. The van der Waals surface area contributed by atoms with Gasteiger partial charge in [-0.3, -0.25) is 0 Å². The van der Waals surface area contributed by atoms with E-state index in [1.165, 1.54) is 54.5 Å². The Morgan fingerprint density at radius 3 is 1.92 bits per heavy atom. The molecule has 2 aliphatic rings. The molecule has 1 N–H and O–H groups in total. The minimum absolute atomic E-state index is 0.113. The highest BCUT2D eigenvalue weighted by Gasteiger charge is 2.28. The van der Waals surface area contributed by atoms with Crippen LogP contribution in [-0.4, -0.2) is 20.8 Å². The van der Waals surface area contributed by atoms with Gasteiger partial charge in [-0.25, -0.2) is 9.98 Å². The lowest BCUT2D eigenvalue weighted by Gasteiger charge is -2.28. The SMILES string of the molecule is C1=CCC(C2=NC(c3ccc(-c4ccccc4)cc3-n3c4ccccc4c4c(-c5cccc6c5c5c7ccccc7ccc5n6-c5ccccc5)cccc43)=NC(c3ccccc3)N2)C=C1. The van der Waals surface area contributed by atoms with Crippen molar-refractivity contribution in [1.82, 2.24) is 14.5 Å². The smallest absolute Gasteiger partial charge is 0.161 e. The molecule has 2 unspecified atom stereocenters. The van der Waals surface area contributed by atoms with Crippen LogP contribution in [0.2, 0.25) is 0 Å². The summed E-state index contributed by atoms with van der Waals surface area (Å²) in [4.78, 5) is 10.9. The van der Waals surface area contributed by atoms with Gasteiger partial charge in [-0.2, -0.15) is 0 Å². The molecule has 312 valence electrons. The molecule has 1 aliphatic carbocycles. The van der Waals surface area contributed by atoms with Crippen LogP contribution >= 0.6 is 0 Å². The van der Waals surface area contributed by atoms with E-state index in [1.54, 1.807) is 0 Å². The fourth-order valence-electron chi connectivity index (χ4n) is 10.5. The van der Waals surface area contributed by atoms with Crippen LogP contribution in [0.5, 0.6) is 0 Å². The molecule has 2 atom stereocenters. The van der Waals surface area contributed by atoms with E-state index < -0.39 is 0 Å². The normalized spacial score (nSPS) is 16.0. The lowest BCUT2D eigenvalue weighted by atomic mass is 9.94. The summed E-state index contributed by atoms with van der Waals surface area (Å²) in [5, 5.41) is 11.1. The number of aliphatic imine (C=N–C) groups is 2. The van der Waals surface area contributed by atoms with Gasteiger partial charge in [-0.05, 0) is 93.5 Å². The van der Waals surface area contributed by atoms with E-state index in [-0.39, 0.29) is 12.1 Å². The molecule has 0 spiro atoms. The monoisotopic (exact) mass is 845 g/mol. The predicted molar refractivity (Wildman–Crippen MR) is 276 cm³/mol. The summed E-state index contributed by atoms with van der Waals surface area (Å²) in [7, 11) is 0. The third kappa shape index (κ3) is 6.16. The Morgan fingerprint density at radius 2 is 1.14 bits per heavy atom. The first-order chi connectivity index (χ1) is 32.8. The lowest BCUT2D eigenvalue weighted by molar-refractivity contribution is 0.642. The number of rotatable bonds is 7. The van der Waals surface area contributed by atoms with Crippen molar-refractivity contribution in [2.45, 2.75) is 12.6 Å². The first-order valence-electron chi connectivity index (χ1n) is 22.8. The summed E-state index contributed by atoms with van der Waals surface area (Å²) in [6.07, 6.45) is 9.28. The van der Waals surface area contributed by atoms with Gasteiger partial charge < -0.3 is 14.5 Å². The van der Waals surface area contributed by atoms with Crippen LogP contribution in [0.15, 0.2) is 241 Å². The van der Waals surface area contributed by atoms with Gasteiger partial charge in [-0.1, -0.05) is 182 Å². The molecule has 9 aromatic carbocycles. The number of fused-ring (bicyclic) bond motifs is 8. The Bertz CT molecular complexity index is 3810. The summed E-state index contributed by atoms with van der Waals surface area (Å²) < 4.78 is 4.89. The van der Waals surface area contributed by atoms with E-state index in [0.29, 0.717) is 5.84 Å². The average Bonchev–Trinajstić information content (AvgIpc) is 3.93. The van der Waals surface area contributed by atoms with Gasteiger partial charge in [0.15, 0.2) is 5.84 Å². The molecule has 0 radical (unpaired) electrons. The van der Waals surface area contributed by atoms with E-state index in [0.717, 1.165) is 56.9 Å². The van der Waals surface area contributed by atoms with Gasteiger partial charge in [0.05, 0.1) is 27.8 Å². The van der Waals surface area contributed by atoms with Gasteiger partial charge in [0, 0.05) is 38.7 Å². The van der Waals surface area contributed by atoms with E-state index in [2.05, 4.69) is 245 Å². The molecule has 13 rings (SSSR count). The number of nitrogens with zero attached hydrogens (tertiary/aromatic N) is 4. The summed E-state index contributed by atoms with van der Waals surface area (Å²) in [6.45, 7) is 0. The topological polar surface area (TPSA) is 46.6 Å². The molecule has 2 aromatic heterocycles. The highest BCUT2D eigenvalue weighted by Crippen LogP contribution is 2.46. The first kappa shape index (κ1) is 38.0. The molecule has 0 amide bonds. The fourth-order valence-corrected chi connectivity index (χ4v) is 10.5. The molecule has 0 fully saturated rings. The van der Waals surface area contributed by atoms with E-state index in [4.69, 9.17) is 9.98 Å². The quantitative estimate of drug-likeness (QED) is 0.171. The number of benzene rings is 9. The van der Waals surface area contributed by atoms with Crippen molar-refractivity contribution in [3.63, 3.8) is 0 Å². The molecule has 66 heavy (non-hydrogen) atoms. The number of allylic oxidation sites excluding steroid dienone is 3. The van der Waals surface area contributed by atoms with Crippen molar-refractivity contribution >= 4 is 66.1 Å². The van der Waals surface area contributed by atoms with E-state index in [9.17, 15) is 0 Å². The molecular weight excluding hydrogens is 803 g/mol. The van der Waals surface area contributed by atoms with Crippen molar-refractivity contribution in [2.75, 3.05) is 0 Å². The summed E-state index contributed by atoms with van der Waals surface area (Å²) in [5.74, 6) is 1.75. The maximum absolute atomic E-state index is 5.44. The Labute approximate surface area is 382 Å². The third-order valence-corrected chi connectivity index (χ3v) is 13.5. The number of para-hydroxylation sites is 2. The zero-order valence-electron chi connectivity index (χ0n) is 36.1. The zero-order valence-corrected chi connectivity index (χ0v) is 36.1. The highest BCUT2D eigenvalue weighted by atomic mass is 15.2. The predicted octanol–water partition coefficient (Wildman–Crippen LogP) is 14.9. The second-order valence-corrected chi connectivity index (χ2v) is 17.3. The molecular formula is C61H43N5. The Morgan fingerprint density at radius 1 is 0.470 bits per heavy atom. The van der Waals surface area contributed by atoms with Crippen molar-refractivity contribution in [2.24, 2.45) is 15.9 Å². The van der Waals surface area contributed by atoms with Crippen molar-refractivity contribution in [3.05, 3.63) is 242 Å². The van der Waals surface area contributed by atoms with Crippen LogP contribution in [0.4, 0.5) is 0 Å². The number of hydrogen-bond donors (Lipinski definition) is 1. The highest BCUT2D eigenvalue weighted by molar-refractivity contribution is 6.27. The molecule has 0 saturated heterocycles. The summed E-state index contributed by atoms with van der Waals surface area (Å²) in [6, 6.07) is 74.6. The van der Waals surface area contributed by atoms with Crippen LogP contribution < -0.4 is 5.32 Å². The minimum atomic E-state index is -0.297. The van der Waals surface area contributed by atoms with Crippen LogP contribution in [0.1, 0.15) is 23.7 Å². The largest absolute Gasteiger partial charge is 0.348 e. The zero-order chi connectivity index (χ0) is 43.6. The molecule has 5 nitrogen and oxygen atoms in total. The van der Waals surface area contributed by atoms with Crippen LogP contribution in [0, 0.1) is 5.92 Å². The lowest BCUT2D eigenvalue weighted by Crippen LogP contribution is -2.37. The van der Waals surface area contributed by atoms with E-state index >= 15 is 0 Å². The van der Waals surface area contributed by atoms with Gasteiger partial charge in [0.2, 0.25) is 0 Å². The second-order valence-electron chi connectivity index (χ2n) is 17.3. The van der Waals surface area contributed by atoms with Crippen molar-refractivity contribution in [1.29, 1.82) is 0 Å². The molecule has 5 heteroatoms. The van der Waals surface area contributed by atoms with E-state index in [1.807, 2.05) is 0 Å². The van der Waals surface area contributed by atoms with Gasteiger partial charge in [0.25, 0.3) is 0 Å². The van der Waals surface area contributed by atoms with Gasteiger partial charge >= 0.3 is 0 Å². The second kappa shape index (κ2) is 15.6. The molecule has 0 saturated carbocycles. The fraction of sp³-hybridized carbons (Fsp3) is 0.0492. The van der Waals surface area contributed by atoms with Crippen LogP contribution in [-0.2, 0) is 0 Å². The number of nitrogens with one attached hydrogen (secondary N) is 1. The molecule has 11 aromatic rings. The molecule has 3 heterocycles. The average molecular weight is 846 g/mol. The Hall–Kier alpha value is -8.54. The van der Waals surface area contributed by atoms with Crippen LogP contribution in [0.25, 0.3) is 88.0 Å². The Kier molecular flexibility index (Phi) is 8.98. The molecule has 0 bridgehead atoms. The first-order valence-corrected chi connectivity index (χ1v) is 22.8. The minimum Gasteiger partial charge on any atom is -0.348 e. The Balaban J connectivity index is 1.10.